The summed E-state index contributed by atoms with van der Waals surface area (Å²) in [7, 11) is 0. The van der Waals surface area contributed by atoms with E-state index in [0.29, 0.717) is 6.61 Å². The Bertz CT molecular complexity index is 505. The van der Waals surface area contributed by atoms with Gasteiger partial charge in [0.05, 0.1) is 12.0 Å². The smallest absolute Gasteiger partial charge is 0.312 e. The summed E-state index contributed by atoms with van der Waals surface area (Å²) in [6, 6.07) is 0. The van der Waals surface area contributed by atoms with Crippen LogP contribution in [0.15, 0.2) is 0 Å². The fraction of sp³-hybridized carbons (Fsp3) is 0.966. The van der Waals surface area contributed by atoms with Crippen molar-refractivity contribution in [3.8, 4) is 0 Å². The molecule has 3 aliphatic carbocycles. The zero-order valence-electron chi connectivity index (χ0n) is 21.0. The normalized spacial score (nSPS) is 29.5. The quantitative estimate of drug-likeness (QED) is 0.240. The summed E-state index contributed by atoms with van der Waals surface area (Å²) in [6.07, 6.45) is 28.0. The standard InChI is InChI=1S/C29H52O2/c1-3-5-6-7-8-13-20-28(29(27(30)31-4-2)21-14-10-15-22-29)23-18-26(19-24-28)25-16-11-9-12-17-25/h25-26H,3-24H2,1-2H3/t26-,28+. The molecule has 2 heteroatoms. The molecule has 0 unspecified atom stereocenters. The van der Waals surface area contributed by atoms with E-state index in [4.69, 9.17) is 4.74 Å². The maximum absolute atomic E-state index is 13.6. The Labute approximate surface area is 193 Å². The van der Waals surface area contributed by atoms with Crippen LogP contribution in [0.5, 0.6) is 0 Å². The molecule has 0 saturated heterocycles. The second kappa shape index (κ2) is 12.6. The van der Waals surface area contributed by atoms with Crippen LogP contribution in [0.25, 0.3) is 0 Å². The maximum atomic E-state index is 13.6. The van der Waals surface area contributed by atoms with Crippen LogP contribution in [0.4, 0.5) is 0 Å². The monoisotopic (exact) mass is 432 g/mol. The second-order valence-corrected chi connectivity index (χ2v) is 11.4. The largest absolute Gasteiger partial charge is 0.466 e. The Morgan fingerprint density at radius 2 is 1.29 bits per heavy atom. The van der Waals surface area contributed by atoms with Crippen LogP contribution in [-0.2, 0) is 9.53 Å². The Morgan fingerprint density at radius 1 is 0.710 bits per heavy atom. The molecule has 0 radical (unpaired) electrons. The first-order chi connectivity index (χ1) is 15.2. The molecule has 3 saturated carbocycles. The van der Waals surface area contributed by atoms with Crippen molar-refractivity contribution in [3.05, 3.63) is 0 Å². The molecular formula is C29H52O2. The minimum absolute atomic E-state index is 0.178. The molecule has 0 amide bonds. The maximum Gasteiger partial charge on any atom is 0.312 e. The molecule has 0 heterocycles. The van der Waals surface area contributed by atoms with Gasteiger partial charge in [0.1, 0.15) is 0 Å². The number of rotatable bonds is 11. The van der Waals surface area contributed by atoms with Crippen LogP contribution in [0, 0.1) is 22.7 Å². The number of carbonyl (C=O) groups excluding carboxylic acids is 1. The lowest BCUT2D eigenvalue weighted by Gasteiger charge is -2.55. The van der Waals surface area contributed by atoms with Gasteiger partial charge < -0.3 is 4.74 Å². The average Bonchev–Trinajstić information content (AvgIpc) is 2.83. The van der Waals surface area contributed by atoms with Crippen molar-refractivity contribution in [2.24, 2.45) is 22.7 Å². The molecule has 0 atom stereocenters. The van der Waals surface area contributed by atoms with E-state index < -0.39 is 0 Å². The predicted octanol–water partition coefficient (Wildman–Crippen LogP) is 9.01. The van der Waals surface area contributed by atoms with Crippen molar-refractivity contribution < 1.29 is 9.53 Å². The summed E-state index contributed by atoms with van der Waals surface area (Å²) in [6.45, 7) is 4.83. The summed E-state index contributed by atoms with van der Waals surface area (Å²) in [5.74, 6) is 2.09. The summed E-state index contributed by atoms with van der Waals surface area (Å²) in [4.78, 5) is 13.6. The Balaban J connectivity index is 1.72. The third-order valence-corrected chi connectivity index (χ3v) is 9.70. The van der Waals surface area contributed by atoms with E-state index >= 15 is 0 Å². The number of carbonyl (C=O) groups is 1. The number of unbranched alkanes of at least 4 members (excludes halogenated alkanes) is 5. The fourth-order valence-electron chi connectivity index (χ4n) is 7.86. The molecule has 0 aromatic rings. The Hall–Kier alpha value is -0.530. The molecule has 2 nitrogen and oxygen atoms in total. The van der Waals surface area contributed by atoms with E-state index in [1.165, 1.54) is 122 Å². The van der Waals surface area contributed by atoms with Crippen molar-refractivity contribution in [1.82, 2.24) is 0 Å². The number of hydrogen-bond donors (Lipinski definition) is 0. The second-order valence-electron chi connectivity index (χ2n) is 11.4. The highest BCUT2D eigenvalue weighted by Gasteiger charge is 2.57. The molecule has 180 valence electrons. The summed E-state index contributed by atoms with van der Waals surface area (Å²) >= 11 is 0. The van der Waals surface area contributed by atoms with Crippen molar-refractivity contribution >= 4 is 5.97 Å². The van der Waals surface area contributed by atoms with Gasteiger partial charge in [-0.3, -0.25) is 4.79 Å². The predicted molar refractivity (Wildman–Crippen MR) is 131 cm³/mol. The summed E-state index contributed by atoms with van der Waals surface area (Å²) in [5, 5.41) is 0. The highest BCUT2D eigenvalue weighted by atomic mass is 16.5. The lowest BCUT2D eigenvalue weighted by molar-refractivity contribution is -0.174. The summed E-state index contributed by atoms with van der Waals surface area (Å²) < 4.78 is 5.83. The van der Waals surface area contributed by atoms with Crippen LogP contribution >= 0.6 is 0 Å². The first kappa shape index (κ1) is 25.1. The van der Waals surface area contributed by atoms with E-state index in [-0.39, 0.29) is 16.8 Å². The molecular weight excluding hydrogens is 380 g/mol. The van der Waals surface area contributed by atoms with Gasteiger partial charge in [0, 0.05) is 0 Å². The fourth-order valence-corrected chi connectivity index (χ4v) is 7.86. The van der Waals surface area contributed by atoms with Gasteiger partial charge in [0.2, 0.25) is 0 Å². The number of esters is 1. The SMILES string of the molecule is CCCCCCCC[C@]1(C2(C(=O)OCC)CCCCC2)CC[C@@H](C2CCCCC2)CC1. The van der Waals surface area contributed by atoms with E-state index in [1.807, 2.05) is 6.92 Å². The van der Waals surface area contributed by atoms with Crippen molar-refractivity contribution in [2.75, 3.05) is 6.61 Å². The van der Waals surface area contributed by atoms with Crippen LogP contribution < -0.4 is 0 Å². The zero-order valence-corrected chi connectivity index (χ0v) is 21.0. The molecule has 3 aliphatic rings. The van der Waals surface area contributed by atoms with Crippen molar-refractivity contribution in [2.45, 2.75) is 149 Å². The van der Waals surface area contributed by atoms with Gasteiger partial charge in [-0.15, -0.1) is 0 Å². The topological polar surface area (TPSA) is 26.3 Å². The highest BCUT2D eigenvalue weighted by Crippen LogP contribution is 2.61. The van der Waals surface area contributed by atoms with Gasteiger partial charge >= 0.3 is 5.97 Å². The minimum Gasteiger partial charge on any atom is -0.466 e. The van der Waals surface area contributed by atoms with Crippen molar-refractivity contribution in [3.63, 3.8) is 0 Å². The highest BCUT2D eigenvalue weighted by molar-refractivity contribution is 5.78. The van der Waals surface area contributed by atoms with E-state index in [0.717, 1.165) is 24.7 Å². The van der Waals surface area contributed by atoms with E-state index in [1.54, 1.807) is 0 Å². The third-order valence-electron chi connectivity index (χ3n) is 9.70. The zero-order chi connectivity index (χ0) is 22.0. The molecule has 0 spiro atoms. The van der Waals surface area contributed by atoms with Gasteiger partial charge in [-0.05, 0) is 69.1 Å². The van der Waals surface area contributed by atoms with Crippen LogP contribution in [-0.4, -0.2) is 12.6 Å². The molecule has 31 heavy (non-hydrogen) atoms. The molecule has 0 aliphatic heterocycles. The first-order valence-corrected chi connectivity index (χ1v) is 14.3. The average molecular weight is 433 g/mol. The van der Waals surface area contributed by atoms with Crippen LogP contribution in [0.3, 0.4) is 0 Å². The van der Waals surface area contributed by atoms with E-state index in [2.05, 4.69) is 6.92 Å². The molecule has 0 aromatic carbocycles. The molecule has 3 fully saturated rings. The molecule has 3 rings (SSSR count). The van der Waals surface area contributed by atoms with Gasteiger partial charge in [0.15, 0.2) is 0 Å². The first-order valence-electron chi connectivity index (χ1n) is 14.3. The Morgan fingerprint density at radius 3 is 1.94 bits per heavy atom. The van der Waals surface area contributed by atoms with Crippen LogP contribution in [0.2, 0.25) is 0 Å². The molecule has 0 aromatic heterocycles. The van der Waals surface area contributed by atoms with E-state index in [9.17, 15) is 4.79 Å². The molecule has 0 N–H and O–H groups in total. The van der Waals surface area contributed by atoms with Gasteiger partial charge in [-0.2, -0.15) is 0 Å². The van der Waals surface area contributed by atoms with Crippen molar-refractivity contribution in [1.29, 1.82) is 0 Å². The third kappa shape index (κ3) is 6.08. The Kier molecular flexibility index (Phi) is 10.2. The number of hydrogen-bond acceptors (Lipinski definition) is 2. The summed E-state index contributed by atoms with van der Waals surface area (Å²) in [5.41, 5.74) is 0.0395. The van der Waals surface area contributed by atoms with Crippen LogP contribution in [0.1, 0.15) is 149 Å². The van der Waals surface area contributed by atoms with Gasteiger partial charge in [-0.1, -0.05) is 96.8 Å². The lowest BCUT2D eigenvalue weighted by atomic mass is 9.49. The molecule has 0 bridgehead atoms. The van der Waals surface area contributed by atoms with Gasteiger partial charge in [-0.25, -0.2) is 0 Å². The number of ether oxygens (including phenoxy) is 1. The van der Waals surface area contributed by atoms with Gasteiger partial charge in [0.25, 0.3) is 0 Å². The minimum atomic E-state index is -0.178. The lowest BCUT2D eigenvalue weighted by Crippen LogP contribution is -2.52.